The minimum atomic E-state index is -0.168. The Morgan fingerprint density at radius 2 is 1.73 bits per heavy atom. The van der Waals surface area contributed by atoms with Gasteiger partial charge in [-0.15, -0.1) is 10.2 Å². The standard InChI is InChI=1S/C25H21N5O2S/c1-32-21-14-8-6-12-19(21)26-22(31)16-33-25-27-24-23(28-29-25)18-11-5-7-13-20(18)30(24)15-17-9-3-2-4-10-17/h2-14H,15-16H2,1H3,(H,26,31). The summed E-state index contributed by atoms with van der Waals surface area (Å²) in [5.74, 6) is 0.600. The largest absolute Gasteiger partial charge is 0.495 e. The van der Waals surface area contributed by atoms with E-state index in [0.717, 1.165) is 22.1 Å². The molecule has 0 saturated carbocycles. The second-order valence-corrected chi connectivity index (χ2v) is 8.34. The Bertz CT molecular complexity index is 1440. The van der Waals surface area contributed by atoms with Crippen molar-refractivity contribution in [3.63, 3.8) is 0 Å². The molecule has 1 amide bonds. The van der Waals surface area contributed by atoms with Crippen molar-refractivity contribution in [3.8, 4) is 5.75 Å². The van der Waals surface area contributed by atoms with Gasteiger partial charge in [0.05, 0.1) is 24.1 Å². The average molecular weight is 456 g/mol. The van der Waals surface area contributed by atoms with Crippen molar-refractivity contribution in [2.45, 2.75) is 11.7 Å². The molecule has 0 aliphatic carbocycles. The fourth-order valence-electron chi connectivity index (χ4n) is 3.74. The molecular formula is C25H21N5O2S. The first kappa shape index (κ1) is 21.0. The van der Waals surface area contributed by atoms with Crippen LogP contribution in [0.5, 0.6) is 5.75 Å². The molecule has 0 spiro atoms. The number of anilines is 1. The molecule has 0 fully saturated rings. The summed E-state index contributed by atoms with van der Waals surface area (Å²) in [4.78, 5) is 17.3. The minimum Gasteiger partial charge on any atom is -0.495 e. The number of fused-ring (bicyclic) bond motifs is 3. The Kier molecular flexibility index (Phi) is 5.91. The zero-order chi connectivity index (χ0) is 22.6. The summed E-state index contributed by atoms with van der Waals surface area (Å²) in [5, 5.41) is 13.1. The molecule has 0 unspecified atom stereocenters. The molecule has 2 heterocycles. The van der Waals surface area contributed by atoms with Gasteiger partial charge in [-0.05, 0) is 23.8 Å². The zero-order valence-electron chi connectivity index (χ0n) is 17.9. The van der Waals surface area contributed by atoms with Crippen molar-refractivity contribution in [3.05, 3.63) is 84.4 Å². The van der Waals surface area contributed by atoms with Crippen LogP contribution >= 0.6 is 11.8 Å². The van der Waals surface area contributed by atoms with Gasteiger partial charge in [0.1, 0.15) is 11.3 Å². The van der Waals surface area contributed by atoms with E-state index in [4.69, 9.17) is 9.72 Å². The van der Waals surface area contributed by atoms with Crippen molar-refractivity contribution in [2.24, 2.45) is 0 Å². The van der Waals surface area contributed by atoms with Crippen LogP contribution in [0.1, 0.15) is 5.56 Å². The fourth-order valence-corrected chi connectivity index (χ4v) is 4.32. The van der Waals surface area contributed by atoms with Gasteiger partial charge >= 0.3 is 0 Å². The molecule has 164 valence electrons. The smallest absolute Gasteiger partial charge is 0.234 e. The molecule has 0 aliphatic rings. The predicted octanol–water partition coefficient (Wildman–Crippen LogP) is 4.77. The van der Waals surface area contributed by atoms with Crippen molar-refractivity contribution in [1.82, 2.24) is 19.7 Å². The molecule has 0 atom stereocenters. The van der Waals surface area contributed by atoms with Crippen LogP contribution in [0.15, 0.2) is 84.0 Å². The van der Waals surface area contributed by atoms with E-state index in [2.05, 4.69) is 38.3 Å². The van der Waals surface area contributed by atoms with Gasteiger partial charge in [-0.25, -0.2) is 4.98 Å². The van der Waals surface area contributed by atoms with Crippen molar-refractivity contribution in [2.75, 3.05) is 18.2 Å². The highest BCUT2D eigenvalue weighted by atomic mass is 32.2. The summed E-state index contributed by atoms with van der Waals surface area (Å²) < 4.78 is 7.44. The van der Waals surface area contributed by atoms with Crippen LogP contribution in [-0.4, -0.2) is 38.5 Å². The molecule has 0 radical (unpaired) electrons. The Morgan fingerprint density at radius 3 is 2.58 bits per heavy atom. The summed E-state index contributed by atoms with van der Waals surface area (Å²) in [7, 11) is 1.57. The van der Waals surface area contributed by atoms with E-state index in [1.54, 1.807) is 19.2 Å². The number of hydrogen-bond donors (Lipinski definition) is 1. The molecule has 0 bridgehead atoms. The number of amides is 1. The summed E-state index contributed by atoms with van der Waals surface area (Å²) in [5.41, 5.74) is 4.36. The van der Waals surface area contributed by atoms with Gasteiger partial charge in [0.15, 0.2) is 5.65 Å². The number of benzene rings is 3. The third-order valence-corrected chi connectivity index (χ3v) is 6.09. The SMILES string of the molecule is COc1ccccc1NC(=O)CSc1nnc2c3ccccc3n(Cc3ccccc3)c2n1. The Morgan fingerprint density at radius 1 is 0.970 bits per heavy atom. The van der Waals surface area contributed by atoms with Crippen molar-refractivity contribution in [1.29, 1.82) is 0 Å². The number of ether oxygens (including phenoxy) is 1. The second kappa shape index (κ2) is 9.30. The summed E-state index contributed by atoms with van der Waals surface area (Å²) in [6.45, 7) is 0.669. The third kappa shape index (κ3) is 4.38. The molecule has 33 heavy (non-hydrogen) atoms. The number of nitrogens with one attached hydrogen (secondary N) is 1. The van der Waals surface area contributed by atoms with Gasteiger partial charge < -0.3 is 14.6 Å². The highest BCUT2D eigenvalue weighted by Gasteiger charge is 2.16. The predicted molar refractivity (Wildman–Crippen MR) is 131 cm³/mol. The van der Waals surface area contributed by atoms with E-state index < -0.39 is 0 Å². The zero-order valence-corrected chi connectivity index (χ0v) is 18.7. The molecule has 0 saturated heterocycles. The van der Waals surface area contributed by atoms with Crippen LogP contribution < -0.4 is 10.1 Å². The topological polar surface area (TPSA) is 81.9 Å². The summed E-state index contributed by atoms with van der Waals surface area (Å²) >= 11 is 1.25. The first-order chi connectivity index (χ1) is 16.2. The van der Waals surface area contributed by atoms with Crippen LogP contribution in [0, 0.1) is 0 Å². The molecule has 8 heteroatoms. The van der Waals surface area contributed by atoms with E-state index in [1.165, 1.54) is 17.3 Å². The maximum atomic E-state index is 12.5. The monoisotopic (exact) mass is 455 g/mol. The van der Waals surface area contributed by atoms with E-state index in [0.29, 0.717) is 23.1 Å². The lowest BCUT2D eigenvalue weighted by Gasteiger charge is -2.09. The maximum Gasteiger partial charge on any atom is 0.234 e. The fraction of sp³-hybridized carbons (Fsp3) is 0.120. The number of nitrogens with zero attached hydrogens (tertiary/aromatic N) is 4. The highest BCUT2D eigenvalue weighted by molar-refractivity contribution is 7.99. The molecule has 5 aromatic rings. The van der Waals surface area contributed by atoms with E-state index in [9.17, 15) is 4.79 Å². The summed E-state index contributed by atoms with van der Waals surface area (Å²) in [6.07, 6.45) is 0. The van der Waals surface area contributed by atoms with Gasteiger partial charge in [-0.3, -0.25) is 4.79 Å². The molecule has 2 aromatic heterocycles. The first-order valence-electron chi connectivity index (χ1n) is 10.4. The lowest BCUT2D eigenvalue weighted by atomic mass is 10.2. The van der Waals surface area contributed by atoms with Crippen LogP contribution in [0.2, 0.25) is 0 Å². The molecule has 1 N–H and O–H groups in total. The lowest BCUT2D eigenvalue weighted by molar-refractivity contribution is -0.113. The Hall–Kier alpha value is -3.91. The molecule has 0 aliphatic heterocycles. The van der Waals surface area contributed by atoms with Gasteiger partial charge in [0.2, 0.25) is 11.1 Å². The normalized spacial score (nSPS) is 11.1. The molecule has 3 aromatic carbocycles. The number of thioether (sulfide) groups is 1. The number of methoxy groups -OCH3 is 1. The number of para-hydroxylation sites is 3. The minimum absolute atomic E-state index is 0.157. The number of hydrogen-bond acceptors (Lipinski definition) is 6. The highest BCUT2D eigenvalue weighted by Crippen LogP contribution is 2.28. The average Bonchev–Trinajstić information content (AvgIpc) is 3.17. The first-order valence-corrected chi connectivity index (χ1v) is 11.4. The Balaban J connectivity index is 1.41. The van der Waals surface area contributed by atoms with Crippen LogP contribution in [0.25, 0.3) is 22.1 Å². The van der Waals surface area contributed by atoms with Gasteiger partial charge in [0.25, 0.3) is 0 Å². The number of carbonyl (C=O) groups excluding carboxylic acids is 1. The van der Waals surface area contributed by atoms with Crippen LogP contribution in [-0.2, 0) is 11.3 Å². The quantitative estimate of drug-likeness (QED) is 0.356. The van der Waals surface area contributed by atoms with E-state index >= 15 is 0 Å². The molecule has 5 rings (SSSR count). The van der Waals surface area contributed by atoms with Gasteiger partial charge in [-0.2, -0.15) is 0 Å². The van der Waals surface area contributed by atoms with Gasteiger partial charge in [-0.1, -0.05) is 72.4 Å². The second-order valence-electron chi connectivity index (χ2n) is 7.39. The Labute approximate surface area is 194 Å². The maximum absolute atomic E-state index is 12.5. The number of carbonyl (C=O) groups is 1. The van der Waals surface area contributed by atoms with E-state index in [1.807, 2.05) is 48.5 Å². The molecule has 7 nitrogen and oxygen atoms in total. The van der Waals surface area contributed by atoms with Crippen LogP contribution in [0.4, 0.5) is 5.69 Å². The number of aromatic nitrogens is 4. The van der Waals surface area contributed by atoms with Crippen molar-refractivity contribution < 1.29 is 9.53 Å². The lowest BCUT2D eigenvalue weighted by Crippen LogP contribution is -2.15. The van der Waals surface area contributed by atoms with Crippen LogP contribution in [0.3, 0.4) is 0 Å². The van der Waals surface area contributed by atoms with E-state index in [-0.39, 0.29) is 11.7 Å². The van der Waals surface area contributed by atoms with Crippen molar-refractivity contribution >= 4 is 45.4 Å². The number of rotatable bonds is 7. The third-order valence-electron chi connectivity index (χ3n) is 5.25. The van der Waals surface area contributed by atoms with Gasteiger partial charge in [0, 0.05) is 11.9 Å². The molecular weight excluding hydrogens is 434 g/mol. The summed E-state index contributed by atoms with van der Waals surface area (Å²) in [6, 6.07) is 25.6.